The van der Waals surface area contributed by atoms with Gasteiger partial charge in [0.1, 0.15) is 25.3 Å². The molecule has 25 heteroatoms. The molecule has 2 heterocycles. The topological polar surface area (TPSA) is 589 Å². The number of carbonyl (C=O) groups excluding carboxylic acids is 2. The van der Waals surface area contributed by atoms with Gasteiger partial charge in [0, 0.05) is 11.4 Å². The second-order valence-corrected chi connectivity index (χ2v) is 5.41. The Hall–Kier alpha value is -4.38. The van der Waals surface area contributed by atoms with Crippen LogP contribution in [0.2, 0.25) is 0 Å². The molecular formula is C18H44MnN6O18+4. The Morgan fingerprint density at radius 2 is 0.628 bits per heavy atom. The van der Waals surface area contributed by atoms with E-state index in [-0.39, 0.29) is 105 Å². The molecule has 0 bridgehead atoms. The molecule has 0 saturated heterocycles. The molecule has 0 aliphatic heterocycles. The first-order valence-corrected chi connectivity index (χ1v) is 7.87. The Morgan fingerprint density at radius 3 is 0.791 bits per heavy atom. The number of carboxylic acid groups (broad SMARTS) is 2. The smallest absolute Gasteiger partial charge is 0.545 e. The summed E-state index contributed by atoms with van der Waals surface area (Å²) in [7, 11) is 0. The first kappa shape index (κ1) is 83.3. The number of rotatable bonds is 4. The summed E-state index contributed by atoms with van der Waals surface area (Å²) in [5.41, 5.74) is 1.92. The molecule has 4 rings (SSSR count). The van der Waals surface area contributed by atoms with E-state index in [0.717, 1.165) is 11.4 Å². The van der Waals surface area contributed by atoms with Crippen LogP contribution in [0, 0.1) is 0 Å². The van der Waals surface area contributed by atoms with Crippen LogP contribution in [0.25, 0.3) is 11.4 Å². The van der Waals surface area contributed by atoms with Crippen LogP contribution in [0.1, 0.15) is 20.7 Å². The van der Waals surface area contributed by atoms with Crippen LogP contribution in [0.3, 0.4) is 0 Å². The van der Waals surface area contributed by atoms with Crippen molar-refractivity contribution in [3.05, 3.63) is 85.0 Å². The monoisotopic (exact) mass is 687 g/mol. The number of aromatic nitrogens is 6. The van der Waals surface area contributed by atoms with Gasteiger partial charge in [-0.05, 0) is 35.4 Å². The van der Waals surface area contributed by atoms with E-state index in [4.69, 9.17) is 0 Å². The van der Waals surface area contributed by atoms with Crippen LogP contribution >= 0.6 is 0 Å². The standard InChI is InChI=1S/2C9H7N3O2.Mn.14H2O/c2*13-9(14)7-1-3-8(4-2-7)12-5-10-11-6-12;;;;;;;;;;;;;;;/h2*1-6H,(H,13,14);;14*1H2/q;;+2;;;;;;;;;;;;;;/p+2. The van der Waals surface area contributed by atoms with Crippen LogP contribution in [-0.2, 0) is 39.0 Å². The van der Waals surface area contributed by atoms with Gasteiger partial charge in [0.25, 0.3) is 0 Å². The number of benzene rings is 2. The quantitative estimate of drug-likeness (QED) is 0.146. The predicted octanol–water partition coefficient (Wildman–Crippen LogP) is -12.7. The van der Waals surface area contributed by atoms with Crippen molar-refractivity contribution < 1.29 is 114 Å². The van der Waals surface area contributed by atoms with Crippen LogP contribution in [0.15, 0.2) is 73.8 Å². The third-order valence-electron chi connectivity index (χ3n) is 3.64. The molecule has 0 spiro atoms. The molecule has 32 N–H and O–H groups in total. The zero-order valence-electron chi connectivity index (χ0n) is 21.9. The summed E-state index contributed by atoms with van der Waals surface area (Å²) in [6.07, 6.45) is 6.14. The molecule has 257 valence electrons. The summed E-state index contributed by atoms with van der Waals surface area (Å²) >= 11 is 0. The average molecular weight is 688 g/mol. The van der Waals surface area contributed by atoms with E-state index in [0.29, 0.717) is 0 Å². The van der Waals surface area contributed by atoms with E-state index in [1.54, 1.807) is 33.4 Å². The minimum Gasteiger partial charge on any atom is -0.545 e. The van der Waals surface area contributed by atoms with Crippen LogP contribution in [-0.4, -0.2) is 96.2 Å². The number of aromatic carboxylic acids is 2. The number of carbonyl (C=O) groups is 2. The fourth-order valence-electron chi connectivity index (χ4n) is 2.21. The second-order valence-electron chi connectivity index (χ2n) is 5.41. The Balaban J connectivity index is -0.0000000282. The summed E-state index contributed by atoms with van der Waals surface area (Å²) in [6.45, 7) is 0. The Labute approximate surface area is 251 Å². The first-order valence-electron chi connectivity index (χ1n) is 7.87. The number of carboxylic acids is 2. The van der Waals surface area contributed by atoms with E-state index < -0.39 is 11.9 Å². The van der Waals surface area contributed by atoms with Gasteiger partial charge in [-0.2, -0.15) is 0 Å². The average Bonchev–Trinajstić information content (AvgIpc) is 3.43. The van der Waals surface area contributed by atoms with E-state index in [1.165, 1.54) is 49.6 Å². The molecule has 2 aromatic heterocycles. The van der Waals surface area contributed by atoms with Crippen molar-refractivity contribution >= 4 is 11.9 Å². The summed E-state index contributed by atoms with van der Waals surface area (Å²) in [5, 5.41) is 35.5. The van der Waals surface area contributed by atoms with Crippen LogP contribution in [0.5, 0.6) is 0 Å². The molecule has 4 aromatic rings. The minimum atomic E-state index is -1.18. The summed E-state index contributed by atoms with van der Waals surface area (Å²) in [5.74, 6) is -2.36. The third-order valence-corrected chi connectivity index (χ3v) is 3.64. The van der Waals surface area contributed by atoms with Crippen molar-refractivity contribution in [3.8, 4) is 11.4 Å². The molecule has 0 amide bonds. The van der Waals surface area contributed by atoms with Crippen LogP contribution < -0.4 is 10.2 Å². The third kappa shape index (κ3) is 22.9. The maximum Gasteiger partial charge on any atom is 2.00 e. The largest absolute Gasteiger partial charge is 2.00 e. The zero-order valence-corrected chi connectivity index (χ0v) is 23.1. The summed E-state index contributed by atoms with van der Waals surface area (Å²) in [6, 6.07) is 12.6. The van der Waals surface area contributed by atoms with Crippen molar-refractivity contribution in [2.45, 2.75) is 0 Å². The molecule has 0 aliphatic rings. The van der Waals surface area contributed by atoms with E-state index >= 15 is 0 Å². The molecule has 0 aliphatic carbocycles. The van der Waals surface area contributed by atoms with E-state index in [1.807, 2.05) is 0 Å². The molecule has 1 radical (unpaired) electrons. The van der Waals surface area contributed by atoms with Gasteiger partial charge in [-0.1, -0.05) is 24.3 Å². The summed E-state index contributed by atoms with van der Waals surface area (Å²) in [4.78, 5) is 20.9. The van der Waals surface area contributed by atoms with Gasteiger partial charge in [0.2, 0.25) is 0 Å². The molecule has 43 heavy (non-hydrogen) atoms. The van der Waals surface area contributed by atoms with Gasteiger partial charge in [0.15, 0.2) is 0 Å². The fourth-order valence-corrected chi connectivity index (χ4v) is 2.21. The molecule has 2 aromatic carbocycles. The minimum absolute atomic E-state index is 0. The SMILES string of the molecule is O.O.O.O.O.O.O.O.O.O.O=C([O-])c1ccc(-n2cnnc2)cc1.O=C([O-])c1ccc(-n2cnnc2)cc1.[Mn+2].[OH3+].[OH3+].[OH3+].[OH3+]. The van der Waals surface area contributed by atoms with E-state index in [9.17, 15) is 19.8 Å². The van der Waals surface area contributed by atoms with Gasteiger partial charge >= 0.3 is 17.1 Å². The van der Waals surface area contributed by atoms with E-state index in [2.05, 4.69) is 20.4 Å². The second kappa shape index (κ2) is 39.8. The Bertz CT molecular complexity index is 987. The molecule has 0 fully saturated rings. The maximum atomic E-state index is 10.5. The molecular weight excluding hydrogens is 643 g/mol. The maximum absolute atomic E-state index is 10.5. The van der Waals surface area contributed by atoms with Crippen molar-refractivity contribution in [2.24, 2.45) is 0 Å². The normalized spacial score (nSPS) is 6.51. The predicted molar refractivity (Wildman–Crippen MR) is 147 cm³/mol. The first-order chi connectivity index (χ1) is 13.5. The fraction of sp³-hybridized carbons (Fsp3) is 0. The van der Waals surface area contributed by atoms with Gasteiger partial charge in [0.05, 0.1) is 11.9 Å². The zero-order chi connectivity index (χ0) is 19.9. The van der Waals surface area contributed by atoms with Gasteiger partial charge in [-0.25, -0.2) is 0 Å². The van der Waals surface area contributed by atoms with Crippen LogP contribution in [0.4, 0.5) is 0 Å². The van der Waals surface area contributed by atoms with Gasteiger partial charge in [-0.3, -0.25) is 9.13 Å². The van der Waals surface area contributed by atoms with Crippen molar-refractivity contribution in [1.82, 2.24) is 29.5 Å². The van der Waals surface area contributed by atoms with Crippen molar-refractivity contribution in [2.75, 3.05) is 0 Å². The molecule has 0 unspecified atom stereocenters. The van der Waals surface area contributed by atoms with Crippen molar-refractivity contribution in [3.63, 3.8) is 0 Å². The number of hydrogen-bond acceptors (Lipinski definition) is 8. The molecule has 24 nitrogen and oxygen atoms in total. The number of hydrogen-bond donors (Lipinski definition) is 0. The Morgan fingerprint density at radius 1 is 0.442 bits per heavy atom. The molecule has 0 atom stereocenters. The van der Waals surface area contributed by atoms with Crippen molar-refractivity contribution in [1.29, 1.82) is 0 Å². The Kier molecular flexibility index (Phi) is 77.0. The van der Waals surface area contributed by atoms with Gasteiger partial charge in [-0.15, -0.1) is 20.4 Å². The summed E-state index contributed by atoms with van der Waals surface area (Å²) < 4.78 is 3.36. The molecule has 0 saturated carbocycles. The number of nitrogens with zero attached hydrogens (tertiary/aromatic N) is 6. The van der Waals surface area contributed by atoms with Gasteiger partial charge < -0.3 is 96.5 Å².